The van der Waals surface area contributed by atoms with Crippen molar-refractivity contribution in [2.75, 3.05) is 11.9 Å². The molecule has 1 saturated heterocycles. The second-order valence-electron chi connectivity index (χ2n) is 6.08. The number of benzene rings is 2. The molecule has 2 atom stereocenters. The Bertz CT molecular complexity index is 749. The number of halogens is 1. The van der Waals surface area contributed by atoms with Crippen molar-refractivity contribution in [2.45, 2.75) is 32.4 Å². The zero-order chi connectivity index (χ0) is 17.8. The molecule has 2 unspecified atom stereocenters. The highest BCUT2D eigenvalue weighted by Crippen LogP contribution is 2.26. The number of hydrogen-bond acceptors (Lipinski definition) is 4. The molecule has 1 heterocycles. The molecule has 25 heavy (non-hydrogen) atoms. The van der Waals surface area contributed by atoms with Gasteiger partial charge in [-0.15, -0.1) is 0 Å². The summed E-state index contributed by atoms with van der Waals surface area (Å²) < 4.78 is 5.46. The summed E-state index contributed by atoms with van der Waals surface area (Å²) in [5.41, 5.74) is 9.10. The number of anilines is 1. The number of hydrogen-bond donors (Lipinski definition) is 3. The van der Waals surface area contributed by atoms with Gasteiger partial charge in [0.15, 0.2) is 0 Å². The van der Waals surface area contributed by atoms with E-state index in [0.717, 1.165) is 22.6 Å². The number of aryl methyl sites for hydroxylation is 1. The first-order valence-electron chi connectivity index (χ1n) is 8.37. The lowest BCUT2D eigenvalue weighted by molar-refractivity contribution is -0.117. The summed E-state index contributed by atoms with van der Waals surface area (Å²) in [6.07, 6.45) is 0.666. The molecule has 2 aromatic carbocycles. The fourth-order valence-corrected chi connectivity index (χ4v) is 3.03. The summed E-state index contributed by atoms with van der Waals surface area (Å²) in [6.45, 7) is 4.55. The molecule has 132 valence electrons. The van der Waals surface area contributed by atoms with Crippen molar-refractivity contribution in [3.05, 3.63) is 58.6 Å². The topological polar surface area (TPSA) is 62.4 Å². The molecule has 3 N–H and O–H groups in total. The van der Waals surface area contributed by atoms with Gasteiger partial charge < -0.3 is 10.1 Å². The van der Waals surface area contributed by atoms with Gasteiger partial charge in [0.25, 0.3) is 0 Å². The molecule has 6 heteroatoms. The number of amides is 1. The third-order valence-corrected chi connectivity index (χ3v) is 4.51. The highest BCUT2D eigenvalue weighted by Gasteiger charge is 2.30. The molecule has 0 spiro atoms. The first kappa shape index (κ1) is 17.7. The van der Waals surface area contributed by atoms with E-state index < -0.39 is 0 Å². The van der Waals surface area contributed by atoms with Crippen molar-refractivity contribution in [3.8, 4) is 5.75 Å². The summed E-state index contributed by atoms with van der Waals surface area (Å²) >= 11 is 6.01. The van der Waals surface area contributed by atoms with Gasteiger partial charge in [-0.05, 0) is 55.7 Å². The first-order chi connectivity index (χ1) is 12.1. The Morgan fingerprint density at radius 1 is 1.24 bits per heavy atom. The SMILES string of the molecule is CCOc1ccc(C2CC(C(=O)Nc3cc(Cl)ccc3C)NN2)cc1. The van der Waals surface area contributed by atoms with E-state index in [1.807, 2.05) is 50.2 Å². The van der Waals surface area contributed by atoms with Gasteiger partial charge in [0, 0.05) is 16.8 Å². The summed E-state index contributed by atoms with van der Waals surface area (Å²) in [5, 5.41) is 3.55. The molecule has 5 nitrogen and oxygen atoms in total. The Hall–Kier alpha value is -2.08. The molecule has 1 aliphatic heterocycles. The van der Waals surface area contributed by atoms with Gasteiger partial charge in [0.1, 0.15) is 11.8 Å². The van der Waals surface area contributed by atoms with Crippen molar-refractivity contribution in [2.24, 2.45) is 0 Å². The second-order valence-corrected chi connectivity index (χ2v) is 6.52. The van der Waals surface area contributed by atoms with Gasteiger partial charge >= 0.3 is 0 Å². The van der Waals surface area contributed by atoms with E-state index in [2.05, 4.69) is 16.2 Å². The van der Waals surface area contributed by atoms with Crippen LogP contribution in [-0.4, -0.2) is 18.6 Å². The van der Waals surface area contributed by atoms with Crippen LogP contribution in [0.4, 0.5) is 5.69 Å². The quantitative estimate of drug-likeness (QED) is 0.763. The monoisotopic (exact) mass is 359 g/mol. The van der Waals surface area contributed by atoms with Crippen LogP contribution in [0, 0.1) is 6.92 Å². The lowest BCUT2D eigenvalue weighted by Gasteiger charge is -2.13. The molecule has 1 aliphatic rings. The van der Waals surface area contributed by atoms with Crippen LogP contribution in [0.5, 0.6) is 5.75 Å². The summed E-state index contributed by atoms with van der Waals surface area (Å²) in [5.74, 6) is 0.772. The van der Waals surface area contributed by atoms with Crippen molar-refractivity contribution in [1.29, 1.82) is 0 Å². The van der Waals surface area contributed by atoms with Gasteiger partial charge in [-0.2, -0.15) is 0 Å². The van der Waals surface area contributed by atoms with Crippen LogP contribution < -0.4 is 20.9 Å². The highest BCUT2D eigenvalue weighted by molar-refractivity contribution is 6.31. The maximum absolute atomic E-state index is 12.5. The summed E-state index contributed by atoms with van der Waals surface area (Å²) in [6, 6.07) is 13.2. The number of carbonyl (C=O) groups excluding carboxylic acids is 1. The minimum absolute atomic E-state index is 0.0758. The molecular weight excluding hydrogens is 338 g/mol. The fraction of sp³-hybridized carbons (Fsp3) is 0.316. The van der Waals surface area contributed by atoms with Gasteiger partial charge in [-0.3, -0.25) is 4.79 Å². The van der Waals surface area contributed by atoms with Crippen molar-refractivity contribution in [1.82, 2.24) is 10.9 Å². The minimum atomic E-state index is -0.310. The van der Waals surface area contributed by atoms with E-state index in [1.54, 1.807) is 6.07 Å². The van der Waals surface area contributed by atoms with E-state index in [0.29, 0.717) is 18.1 Å². The average molecular weight is 360 g/mol. The van der Waals surface area contributed by atoms with Crippen LogP contribution in [0.3, 0.4) is 0 Å². The first-order valence-corrected chi connectivity index (χ1v) is 8.75. The molecular formula is C19H22ClN3O2. The lowest BCUT2D eigenvalue weighted by atomic mass is 10.0. The number of hydrazine groups is 1. The molecule has 3 rings (SSSR count). The average Bonchev–Trinajstić information content (AvgIpc) is 3.09. The van der Waals surface area contributed by atoms with E-state index in [4.69, 9.17) is 16.3 Å². The molecule has 0 bridgehead atoms. The predicted molar refractivity (Wildman–Crippen MR) is 99.8 cm³/mol. The van der Waals surface area contributed by atoms with Crippen molar-refractivity contribution >= 4 is 23.2 Å². The normalized spacial score (nSPS) is 19.6. The summed E-state index contributed by atoms with van der Waals surface area (Å²) in [4.78, 5) is 12.5. The van der Waals surface area contributed by atoms with E-state index in [1.165, 1.54) is 0 Å². The van der Waals surface area contributed by atoms with Crippen molar-refractivity contribution in [3.63, 3.8) is 0 Å². The molecule has 0 aromatic heterocycles. The van der Waals surface area contributed by atoms with Crippen LogP contribution in [0.1, 0.15) is 30.5 Å². The zero-order valence-electron chi connectivity index (χ0n) is 14.3. The maximum atomic E-state index is 12.5. The minimum Gasteiger partial charge on any atom is -0.494 e. The van der Waals surface area contributed by atoms with Gasteiger partial charge in [-0.25, -0.2) is 10.9 Å². The number of carbonyl (C=O) groups is 1. The molecule has 2 aromatic rings. The zero-order valence-corrected chi connectivity index (χ0v) is 15.1. The number of nitrogens with one attached hydrogen (secondary N) is 3. The van der Waals surface area contributed by atoms with Gasteiger partial charge in [0.05, 0.1) is 6.61 Å². The molecule has 0 radical (unpaired) electrons. The third-order valence-electron chi connectivity index (χ3n) is 4.27. The Morgan fingerprint density at radius 2 is 2.00 bits per heavy atom. The van der Waals surface area contributed by atoms with E-state index >= 15 is 0 Å². The Kier molecular flexibility index (Phi) is 5.58. The smallest absolute Gasteiger partial charge is 0.242 e. The number of rotatable bonds is 5. The van der Waals surface area contributed by atoms with Crippen LogP contribution >= 0.6 is 11.6 Å². The van der Waals surface area contributed by atoms with E-state index in [9.17, 15) is 4.79 Å². The summed E-state index contributed by atoms with van der Waals surface area (Å²) in [7, 11) is 0. The molecule has 1 amide bonds. The van der Waals surface area contributed by atoms with Gasteiger partial charge in [0.2, 0.25) is 5.91 Å². The van der Waals surface area contributed by atoms with Crippen molar-refractivity contribution < 1.29 is 9.53 Å². The van der Waals surface area contributed by atoms with E-state index in [-0.39, 0.29) is 18.0 Å². The lowest BCUT2D eigenvalue weighted by Crippen LogP contribution is -2.39. The van der Waals surface area contributed by atoms with Crippen LogP contribution in [0.25, 0.3) is 0 Å². The predicted octanol–water partition coefficient (Wildman–Crippen LogP) is 3.59. The van der Waals surface area contributed by atoms with Crippen LogP contribution in [-0.2, 0) is 4.79 Å². The number of ether oxygens (including phenoxy) is 1. The molecule has 1 fully saturated rings. The molecule has 0 saturated carbocycles. The Balaban J connectivity index is 1.62. The Morgan fingerprint density at radius 3 is 2.72 bits per heavy atom. The Labute approximate surface area is 152 Å². The highest BCUT2D eigenvalue weighted by atomic mass is 35.5. The van der Waals surface area contributed by atoms with Crippen LogP contribution in [0.2, 0.25) is 5.02 Å². The largest absolute Gasteiger partial charge is 0.494 e. The maximum Gasteiger partial charge on any atom is 0.242 e. The van der Waals surface area contributed by atoms with Crippen LogP contribution in [0.15, 0.2) is 42.5 Å². The molecule has 0 aliphatic carbocycles. The fourth-order valence-electron chi connectivity index (χ4n) is 2.86. The second kappa shape index (κ2) is 7.87. The standard InChI is InChI=1S/C19H22ClN3O2/c1-3-25-15-8-5-13(6-9-15)17-11-18(23-22-17)19(24)21-16-10-14(20)7-4-12(16)2/h4-10,17-18,22-23H,3,11H2,1-2H3,(H,21,24). The third kappa shape index (κ3) is 4.31. The van der Waals surface area contributed by atoms with Gasteiger partial charge in [-0.1, -0.05) is 29.8 Å².